The normalized spacial score (nSPS) is 20.6. The van der Waals surface area contributed by atoms with Gasteiger partial charge in [0.2, 0.25) is 0 Å². The van der Waals surface area contributed by atoms with Gasteiger partial charge in [0.05, 0.1) is 18.7 Å². The first-order valence-corrected chi connectivity index (χ1v) is 9.24. The topological polar surface area (TPSA) is 77.2 Å². The number of aliphatic hydroxyl groups is 1. The Hall–Kier alpha value is -3.56. The summed E-state index contributed by atoms with van der Waals surface area (Å²) < 4.78 is 14.0. The van der Waals surface area contributed by atoms with Crippen molar-refractivity contribution in [3.63, 3.8) is 0 Å². The summed E-state index contributed by atoms with van der Waals surface area (Å²) in [7, 11) is 0. The molecule has 144 valence electrons. The molecule has 3 atom stereocenters. The number of halogens is 1. The summed E-state index contributed by atoms with van der Waals surface area (Å²) in [5.41, 5.74) is 2.28. The van der Waals surface area contributed by atoms with Crippen LogP contribution in [0.2, 0.25) is 0 Å². The molecule has 1 aromatic heterocycles. The molecule has 6 heteroatoms. The van der Waals surface area contributed by atoms with Gasteiger partial charge < -0.3 is 10.0 Å². The number of carbonyl (C=O) groups is 1. The lowest BCUT2D eigenvalue weighted by Gasteiger charge is -2.51. The third-order valence-electron chi connectivity index (χ3n) is 5.33. The molecule has 0 unspecified atom stereocenters. The van der Waals surface area contributed by atoms with Gasteiger partial charge in [-0.2, -0.15) is 5.26 Å². The number of rotatable bonds is 4. The summed E-state index contributed by atoms with van der Waals surface area (Å²) in [5, 5.41) is 19.6. The Morgan fingerprint density at radius 1 is 1.10 bits per heavy atom. The van der Waals surface area contributed by atoms with Crippen LogP contribution in [0.3, 0.4) is 0 Å². The molecule has 1 fully saturated rings. The van der Waals surface area contributed by atoms with Gasteiger partial charge in [-0.25, -0.2) is 4.39 Å². The predicted molar refractivity (Wildman–Crippen MR) is 105 cm³/mol. The zero-order valence-electron chi connectivity index (χ0n) is 15.4. The minimum atomic E-state index is -0.707. The number of nitrogens with zero attached hydrogens (tertiary/aromatic N) is 3. The highest BCUT2D eigenvalue weighted by Crippen LogP contribution is 2.41. The van der Waals surface area contributed by atoms with E-state index in [0.717, 1.165) is 11.1 Å². The molecule has 1 aliphatic rings. The van der Waals surface area contributed by atoms with Gasteiger partial charge in [0, 0.05) is 17.7 Å². The minimum Gasteiger partial charge on any atom is -0.394 e. The molecule has 0 aliphatic carbocycles. The van der Waals surface area contributed by atoms with E-state index in [4.69, 9.17) is 0 Å². The highest BCUT2D eigenvalue weighted by molar-refractivity contribution is 5.94. The Morgan fingerprint density at radius 2 is 1.83 bits per heavy atom. The fourth-order valence-electron chi connectivity index (χ4n) is 3.89. The summed E-state index contributed by atoms with van der Waals surface area (Å²) in [5.74, 6) is -1.01. The Kier molecular flexibility index (Phi) is 5.07. The maximum Gasteiger partial charge on any atom is 0.273 e. The third-order valence-corrected chi connectivity index (χ3v) is 5.33. The molecule has 0 saturated carbocycles. The van der Waals surface area contributed by atoms with Crippen LogP contribution in [0.15, 0.2) is 72.9 Å². The summed E-state index contributed by atoms with van der Waals surface area (Å²) in [6.45, 7) is -0.267. The van der Waals surface area contributed by atoms with E-state index in [9.17, 15) is 19.6 Å². The zero-order chi connectivity index (χ0) is 20.4. The molecule has 4 rings (SSSR count). The van der Waals surface area contributed by atoms with Crippen LogP contribution in [0.4, 0.5) is 4.39 Å². The molecule has 1 aliphatic heterocycles. The lowest BCUT2D eigenvalue weighted by molar-refractivity contribution is -0.00629. The number of hydrogen-bond acceptors (Lipinski definition) is 4. The number of pyridine rings is 1. The molecule has 2 heterocycles. The van der Waals surface area contributed by atoms with Gasteiger partial charge in [-0.3, -0.25) is 9.78 Å². The Balaban J connectivity index is 1.61. The first kappa shape index (κ1) is 18.8. The maximum absolute atomic E-state index is 14.0. The van der Waals surface area contributed by atoms with Crippen LogP contribution < -0.4 is 0 Å². The van der Waals surface area contributed by atoms with E-state index in [0.29, 0.717) is 5.56 Å². The number of carbonyl (C=O) groups excluding carboxylic acids is 1. The van der Waals surface area contributed by atoms with Gasteiger partial charge in [-0.05, 0) is 29.3 Å². The summed E-state index contributed by atoms with van der Waals surface area (Å²) >= 11 is 0. The second-order valence-electron chi connectivity index (χ2n) is 6.88. The van der Waals surface area contributed by atoms with Crippen LogP contribution in [0, 0.1) is 17.1 Å². The molecule has 1 saturated heterocycles. The Bertz CT molecular complexity index is 1060. The van der Waals surface area contributed by atoms with Crippen molar-refractivity contribution in [2.24, 2.45) is 0 Å². The maximum atomic E-state index is 14.0. The average molecular weight is 387 g/mol. The smallest absolute Gasteiger partial charge is 0.273 e. The summed E-state index contributed by atoms with van der Waals surface area (Å²) in [6.07, 6.45) is 1.52. The second-order valence-corrected chi connectivity index (χ2v) is 6.88. The van der Waals surface area contributed by atoms with E-state index in [1.54, 1.807) is 48.5 Å². The number of amides is 1. The van der Waals surface area contributed by atoms with Crippen molar-refractivity contribution in [1.82, 2.24) is 9.88 Å². The lowest BCUT2D eigenvalue weighted by atomic mass is 9.75. The minimum absolute atomic E-state index is 0.236. The van der Waals surface area contributed by atoms with Crippen molar-refractivity contribution >= 4 is 5.91 Å². The molecular formula is C23H18FN3O2. The quantitative estimate of drug-likeness (QED) is 0.745. The molecular weight excluding hydrogens is 369 g/mol. The first-order chi connectivity index (χ1) is 14.2. The van der Waals surface area contributed by atoms with Gasteiger partial charge in [-0.1, -0.05) is 48.5 Å². The van der Waals surface area contributed by atoms with E-state index in [1.165, 1.54) is 17.2 Å². The Morgan fingerprint density at radius 3 is 2.45 bits per heavy atom. The van der Waals surface area contributed by atoms with Gasteiger partial charge in [0.1, 0.15) is 17.6 Å². The number of benzene rings is 2. The number of aromatic nitrogens is 1. The number of nitriles is 1. The predicted octanol–water partition coefficient (Wildman–Crippen LogP) is 3.38. The molecule has 0 spiro atoms. The SMILES string of the molecule is N#C[C@H]1[C@H](c2ccc(-c3ccccc3F)cc2)[C@@H](CO)N1C(=O)c1ccccn1. The fraction of sp³-hybridized carbons (Fsp3) is 0.174. The number of likely N-dealkylation sites (tertiary alicyclic amines) is 1. The van der Waals surface area contributed by atoms with E-state index < -0.39 is 12.1 Å². The molecule has 0 bridgehead atoms. The van der Waals surface area contributed by atoms with Crippen LogP contribution >= 0.6 is 0 Å². The Labute approximate surface area is 167 Å². The van der Waals surface area contributed by atoms with Gasteiger partial charge in [-0.15, -0.1) is 0 Å². The van der Waals surface area contributed by atoms with Crippen molar-refractivity contribution in [2.75, 3.05) is 6.61 Å². The fourth-order valence-corrected chi connectivity index (χ4v) is 3.89. The zero-order valence-corrected chi connectivity index (χ0v) is 15.4. The van der Waals surface area contributed by atoms with E-state index >= 15 is 0 Å². The van der Waals surface area contributed by atoms with Crippen LogP contribution in [0.1, 0.15) is 22.0 Å². The molecule has 29 heavy (non-hydrogen) atoms. The second kappa shape index (κ2) is 7.82. The lowest BCUT2D eigenvalue weighted by Crippen LogP contribution is -2.65. The van der Waals surface area contributed by atoms with Crippen LogP contribution in [0.25, 0.3) is 11.1 Å². The molecule has 5 nitrogen and oxygen atoms in total. The van der Waals surface area contributed by atoms with Crippen molar-refractivity contribution in [3.05, 3.63) is 90.0 Å². The average Bonchev–Trinajstić information content (AvgIpc) is 2.75. The molecule has 3 aromatic rings. The van der Waals surface area contributed by atoms with Crippen molar-refractivity contribution in [3.8, 4) is 17.2 Å². The van der Waals surface area contributed by atoms with Crippen LogP contribution in [-0.2, 0) is 0 Å². The number of aliphatic hydroxyl groups excluding tert-OH is 1. The largest absolute Gasteiger partial charge is 0.394 e. The molecule has 0 radical (unpaired) electrons. The van der Waals surface area contributed by atoms with Crippen LogP contribution in [0.5, 0.6) is 0 Å². The van der Waals surface area contributed by atoms with Crippen molar-refractivity contribution in [2.45, 2.75) is 18.0 Å². The van der Waals surface area contributed by atoms with E-state index in [-0.39, 0.29) is 29.9 Å². The van der Waals surface area contributed by atoms with Gasteiger partial charge in [0.25, 0.3) is 5.91 Å². The van der Waals surface area contributed by atoms with E-state index in [2.05, 4.69) is 11.1 Å². The first-order valence-electron chi connectivity index (χ1n) is 9.24. The van der Waals surface area contributed by atoms with Crippen molar-refractivity contribution in [1.29, 1.82) is 5.26 Å². The monoisotopic (exact) mass is 387 g/mol. The van der Waals surface area contributed by atoms with Crippen molar-refractivity contribution < 1.29 is 14.3 Å². The summed E-state index contributed by atoms with van der Waals surface area (Å²) in [6, 6.07) is 19.7. The van der Waals surface area contributed by atoms with Gasteiger partial charge in [0.15, 0.2) is 0 Å². The van der Waals surface area contributed by atoms with Crippen LogP contribution in [-0.4, -0.2) is 39.6 Å². The highest BCUT2D eigenvalue weighted by Gasteiger charge is 2.52. The number of hydrogen-bond donors (Lipinski definition) is 1. The standard InChI is InChI=1S/C23H18FN3O2/c24-18-6-2-1-5-17(18)15-8-10-16(11-9-15)22-20(13-25)27(21(22)14-28)23(29)19-7-3-4-12-26-19/h1-12,20-22,28H,14H2/t20-,21+,22-/m0/s1. The molecule has 1 N–H and O–H groups in total. The molecule has 1 amide bonds. The molecule has 2 aromatic carbocycles. The van der Waals surface area contributed by atoms with Gasteiger partial charge >= 0.3 is 0 Å². The summed E-state index contributed by atoms with van der Waals surface area (Å²) in [4.78, 5) is 18.2. The van der Waals surface area contributed by atoms with E-state index in [1.807, 2.05) is 12.1 Å². The highest BCUT2D eigenvalue weighted by atomic mass is 19.1. The third kappa shape index (κ3) is 3.26.